The molecule has 0 spiro atoms. The third kappa shape index (κ3) is 5.50. The first-order valence-electron chi connectivity index (χ1n) is 10.2. The molecular formula is C24H23F2N5O2. The summed E-state index contributed by atoms with van der Waals surface area (Å²) in [5.41, 5.74) is 1.98. The van der Waals surface area contributed by atoms with E-state index in [4.69, 9.17) is 9.47 Å². The van der Waals surface area contributed by atoms with Gasteiger partial charge in [-0.05, 0) is 56.6 Å². The minimum Gasteiger partial charge on any atom is -0.497 e. The van der Waals surface area contributed by atoms with Gasteiger partial charge in [-0.2, -0.15) is 8.78 Å². The van der Waals surface area contributed by atoms with Crippen LogP contribution in [0.5, 0.6) is 11.5 Å². The molecule has 0 amide bonds. The number of halogens is 2. The zero-order chi connectivity index (χ0) is 23.4. The number of likely N-dealkylation sites (N-methyl/N-ethyl adjacent to an activating group) is 1. The van der Waals surface area contributed by atoms with E-state index < -0.39 is 12.7 Å². The molecule has 2 aromatic carbocycles. The fourth-order valence-corrected chi connectivity index (χ4v) is 3.30. The number of anilines is 2. The van der Waals surface area contributed by atoms with E-state index in [9.17, 15) is 8.78 Å². The van der Waals surface area contributed by atoms with Crippen molar-refractivity contribution in [1.29, 1.82) is 0 Å². The Bertz CT molecular complexity index is 1250. The van der Waals surface area contributed by atoms with Crippen LogP contribution >= 0.6 is 0 Å². The van der Waals surface area contributed by atoms with Gasteiger partial charge in [0.05, 0.1) is 12.6 Å². The number of fused-ring (bicyclic) bond motifs is 1. The minimum atomic E-state index is -3.33. The summed E-state index contributed by atoms with van der Waals surface area (Å²) in [6.07, 6.45) is 0.0203. The summed E-state index contributed by atoms with van der Waals surface area (Å²) >= 11 is 0. The monoisotopic (exact) mass is 451 g/mol. The first-order valence-corrected chi connectivity index (χ1v) is 10.2. The lowest BCUT2D eigenvalue weighted by Gasteiger charge is -2.21. The zero-order valence-electron chi connectivity index (χ0n) is 18.4. The van der Waals surface area contributed by atoms with Gasteiger partial charge in [0.1, 0.15) is 23.9 Å². The zero-order valence-corrected chi connectivity index (χ0v) is 18.4. The van der Waals surface area contributed by atoms with Gasteiger partial charge in [-0.3, -0.25) is 4.98 Å². The second-order valence-electron chi connectivity index (χ2n) is 7.65. The Kier molecular flexibility index (Phi) is 6.32. The molecule has 0 fully saturated rings. The van der Waals surface area contributed by atoms with Crippen molar-refractivity contribution >= 4 is 22.4 Å². The van der Waals surface area contributed by atoms with E-state index in [2.05, 4.69) is 20.3 Å². The van der Waals surface area contributed by atoms with Crippen LogP contribution in [0, 0.1) is 0 Å². The molecule has 9 heteroatoms. The Morgan fingerprint density at radius 2 is 1.85 bits per heavy atom. The number of nitrogens with one attached hydrogen (secondary N) is 1. The smallest absolute Gasteiger partial charge is 0.410 e. The predicted octanol–water partition coefficient (Wildman–Crippen LogP) is 4.98. The van der Waals surface area contributed by atoms with Crippen LogP contribution in [0.3, 0.4) is 0 Å². The molecule has 2 heterocycles. The van der Waals surface area contributed by atoms with Crippen molar-refractivity contribution in [3.8, 4) is 22.9 Å². The molecule has 7 nitrogen and oxygen atoms in total. The van der Waals surface area contributed by atoms with Gasteiger partial charge in [-0.15, -0.1) is 0 Å². The molecule has 0 atom stereocenters. The van der Waals surface area contributed by atoms with E-state index >= 15 is 0 Å². The minimum absolute atomic E-state index is 0.0373. The van der Waals surface area contributed by atoms with Crippen molar-refractivity contribution in [1.82, 2.24) is 19.9 Å². The van der Waals surface area contributed by atoms with Crippen LogP contribution in [0.2, 0.25) is 0 Å². The highest BCUT2D eigenvalue weighted by molar-refractivity contribution is 5.93. The molecule has 0 aliphatic rings. The van der Waals surface area contributed by atoms with Crippen LogP contribution in [0.4, 0.5) is 20.3 Å². The van der Waals surface area contributed by atoms with E-state index in [-0.39, 0.29) is 5.75 Å². The maximum absolute atomic E-state index is 14.1. The van der Waals surface area contributed by atoms with Crippen molar-refractivity contribution in [3.05, 3.63) is 67.0 Å². The highest BCUT2D eigenvalue weighted by atomic mass is 19.3. The molecule has 2 aromatic heterocycles. The van der Waals surface area contributed by atoms with Gasteiger partial charge in [0, 0.05) is 35.1 Å². The third-order valence-electron chi connectivity index (χ3n) is 4.69. The Hall–Kier alpha value is -3.85. The number of rotatable bonds is 8. The number of benzene rings is 2. The summed E-state index contributed by atoms with van der Waals surface area (Å²) in [7, 11) is 4.70. The van der Waals surface area contributed by atoms with Crippen LogP contribution < -0.4 is 14.8 Å². The molecular weight excluding hydrogens is 428 g/mol. The molecule has 0 saturated carbocycles. The Morgan fingerprint density at radius 3 is 2.58 bits per heavy atom. The molecule has 0 unspecified atom stereocenters. The molecule has 1 N–H and O–H groups in total. The van der Waals surface area contributed by atoms with Crippen molar-refractivity contribution < 1.29 is 18.3 Å². The summed E-state index contributed by atoms with van der Waals surface area (Å²) in [5.74, 6) is 1.65. The van der Waals surface area contributed by atoms with Gasteiger partial charge in [-0.1, -0.05) is 6.07 Å². The molecule has 4 rings (SSSR count). The van der Waals surface area contributed by atoms with Crippen LogP contribution in [0.15, 0.2) is 67.0 Å². The third-order valence-corrected chi connectivity index (χ3v) is 4.69. The molecule has 0 aliphatic heterocycles. The summed E-state index contributed by atoms with van der Waals surface area (Å²) in [4.78, 5) is 14.8. The predicted molar refractivity (Wildman–Crippen MR) is 123 cm³/mol. The number of methoxy groups -OCH3 is 1. The van der Waals surface area contributed by atoms with Crippen LogP contribution in [0.1, 0.15) is 0 Å². The van der Waals surface area contributed by atoms with Crippen molar-refractivity contribution in [3.63, 3.8) is 0 Å². The molecule has 0 saturated heterocycles. The Morgan fingerprint density at radius 1 is 1.00 bits per heavy atom. The van der Waals surface area contributed by atoms with E-state index in [1.54, 1.807) is 51.8 Å². The summed E-state index contributed by atoms with van der Waals surface area (Å²) in [5, 5.41) is 3.93. The van der Waals surface area contributed by atoms with Crippen molar-refractivity contribution in [2.45, 2.75) is 6.11 Å². The van der Waals surface area contributed by atoms with E-state index in [0.29, 0.717) is 34.0 Å². The van der Waals surface area contributed by atoms with Crippen LogP contribution in [-0.2, 0) is 0 Å². The largest absolute Gasteiger partial charge is 0.497 e. The number of hydrogen-bond acceptors (Lipinski definition) is 7. The van der Waals surface area contributed by atoms with Gasteiger partial charge < -0.3 is 19.7 Å². The summed E-state index contributed by atoms with van der Waals surface area (Å²) < 4.78 is 38.5. The van der Waals surface area contributed by atoms with Gasteiger partial charge in [-0.25, -0.2) is 9.97 Å². The first kappa shape index (κ1) is 22.3. The average molecular weight is 451 g/mol. The highest BCUT2D eigenvalue weighted by Gasteiger charge is 2.32. The lowest BCUT2D eigenvalue weighted by Crippen LogP contribution is -2.37. The van der Waals surface area contributed by atoms with Crippen LogP contribution in [0.25, 0.3) is 22.3 Å². The molecule has 4 aromatic rings. The maximum atomic E-state index is 14.1. The SMILES string of the molecule is COc1ccc2nc(-c3cccnc3)nc(Nc3cccc(OC(F)(F)CN(C)C)c3)c2c1. The average Bonchev–Trinajstić information content (AvgIpc) is 2.78. The lowest BCUT2D eigenvalue weighted by atomic mass is 10.2. The van der Waals surface area contributed by atoms with Gasteiger partial charge in [0.25, 0.3) is 0 Å². The highest BCUT2D eigenvalue weighted by Crippen LogP contribution is 2.31. The molecule has 33 heavy (non-hydrogen) atoms. The summed E-state index contributed by atoms with van der Waals surface area (Å²) in [6.45, 7) is -0.532. The standard InChI is InChI=1S/C24H23F2N5O2/c1-31(2)15-24(25,26)33-19-8-4-7-17(12-19)28-23-20-13-18(32-3)9-10-21(20)29-22(30-23)16-6-5-11-27-14-16/h4-14H,15H2,1-3H3,(H,28,29,30). The molecule has 170 valence electrons. The van der Waals surface area contributed by atoms with Crippen molar-refractivity contribution in [2.24, 2.45) is 0 Å². The van der Waals surface area contributed by atoms with Gasteiger partial charge >= 0.3 is 6.11 Å². The second kappa shape index (κ2) is 9.33. The van der Waals surface area contributed by atoms with Crippen LogP contribution in [-0.4, -0.2) is 53.7 Å². The fourth-order valence-electron chi connectivity index (χ4n) is 3.30. The van der Waals surface area contributed by atoms with Crippen molar-refractivity contribution in [2.75, 3.05) is 33.1 Å². The fraction of sp³-hybridized carbons (Fsp3) is 0.208. The first-order chi connectivity index (χ1) is 15.8. The molecule has 0 bridgehead atoms. The lowest BCUT2D eigenvalue weighted by molar-refractivity contribution is -0.184. The number of pyridine rings is 1. The number of ether oxygens (including phenoxy) is 2. The van der Waals surface area contributed by atoms with E-state index in [1.807, 2.05) is 24.3 Å². The topological polar surface area (TPSA) is 72.4 Å². The number of nitrogens with zero attached hydrogens (tertiary/aromatic N) is 4. The normalized spacial score (nSPS) is 11.6. The van der Waals surface area contributed by atoms with E-state index in [1.165, 1.54) is 17.0 Å². The Labute approximate surface area is 190 Å². The van der Waals surface area contributed by atoms with Gasteiger partial charge in [0.2, 0.25) is 0 Å². The van der Waals surface area contributed by atoms with E-state index in [0.717, 1.165) is 5.56 Å². The number of hydrogen-bond donors (Lipinski definition) is 1. The Balaban J connectivity index is 1.72. The quantitative estimate of drug-likeness (QED) is 0.405. The number of alkyl halides is 2. The second-order valence-corrected chi connectivity index (χ2v) is 7.65. The summed E-state index contributed by atoms with van der Waals surface area (Å²) in [6, 6.07) is 15.5. The number of aromatic nitrogens is 3. The maximum Gasteiger partial charge on any atom is 0.410 e. The molecule has 0 radical (unpaired) electrons. The molecule has 0 aliphatic carbocycles. The van der Waals surface area contributed by atoms with Gasteiger partial charge in [0.15, 0.2) is 5.82 Å².